The Balaban J connectivity index is 0. The van der Waals surface area contributed by atoms with Crippen LogP contribution in [0.1, 0.15) is 0 Å². The Bertz CT molecular complexity index is 53.5. The Kier molecular flexibility index (Phi) is 14.8. The van der Waals surface area contributed by atoms with E-state index in [1.165, 1.54) is 10.6 Å². The van der Waals surface area contributed by atoms with Crippen molar-refractivity contribution in [1.29, 1.82) is 0 Å². The molecule has 0 amide bonds. The monoisotopic (exact) mass is 189 g/mol. The summed E-state index contributed by atoms with van der Waals surface area (Å²) in [7, 11) is 0. The Morgan fingerprint density at radius 1 is 1.12 bits per heavy atom. The summed E-state index contributed by atoms with van der Waals surface area (Å²) in [5.74, 6) is 0. The minimum Gasteiger partial charge on any atom is -0.114 e. The second-order valence-corrected chi connectivity index (χ2v) is 2.86. The first-order valence-electron chi connectivity index (χ1n) is 2.45. The molecule has 0 aliphatic heterocycles. The van der Waals surface area contributed by atoms with Gasteiger partial charge in [0, 0.05) is 0 Å². The van der Waals surface area contributed by atoms with Crippen molar-refractivity contribution in [1.82, 2.24) is 0 Å². The van der Waals surface area contributed by atoms with E-state index in [9.17, 15) is 0 Å². The van der Waals surface area contributed by atoms with Crippen LogP contribution >= 0.6 is 17.0 Å². The van der Waals surface area contributed by atoms with Gasteiger partial charge in [0.2, 0.25) is 15.2 Å². The summed E-state index contributed by atoms with van der Waals surface area (Å²) in [4.78, 5) is 0. The number of hydrogen-bond acceptors (Lipinski definition) is 0. The molecule has 8 heavy (non-hydrogen) atoms. The average Bonchev–Trinajstić information content (AvgIpc) is 1.69. The molecular formula is C6H11AlBr. The molecule has 0 N–H and O–H groups in total. The zero-order valence-corrected chi connectivity index (χ0v) is 7.84. The maximum absolute atomic E-state index is 3.62. The van der Waals surface area contributed by atoms with Crippen LogP contribution < -0.4 is 0 Å². The Morgan fingerprint density at radius 3 is 1.75 bits per heavy atom. The van der Waals surface area contributed by atoms with Crippen molar-refractivity contribution in [3.8, 4) is 0 Å². The molecule has 1 radical (unpaired) electrons. The van der Waals surface area contributed by atoms with Gasteiger partial charge in [0.05, 0.1) is 0 Å². The second-order valence-electron chi connectivity index (χ2n) is 1.34. The second kappa shape index (κ2) is 10.5. The summed E-state index contributed by atoms with van der Waals surface area (Å²) < 4.78 is 0. The van der Waals surface area contributed by atoms with Crippen molar-refractivity contribution < 1.29 is 0 Å². The highest BCUT2D eigenvalue weighted by molar-refractivity contribution is 8.93. The largest absolute Gasteiger partial charge is 0.212 e. The molecule has 0 aliphatic carbocycles. The normalized spacial score (nSPS) is 6.50. The average molecular weight is 190 g/mol. The summed E-state index contributed by atoms with van der Waals surface area (Å²) in [5, 5.41) is 2.40. The summed E-state index contributed by atoms with van der Waals surface area (Å²) in [5.41, 5.74) is 0. The lowest BCUT2D eigenvalue weighted by molar-refractivity contribution is 1.60. The van der Waals surface area contributed by atoms with Gasteiger partial charge in [-0.2, -0.15) is 0 Å². The highest BCUT2D eigenvalue weighted by Gasteiger charge is 1.79. The molecule has 2 heteroatoms. The zero-order chi connectivity index (χ0) is 5.54. The predicted molar refractivity (Wildman–Crippen MR) is 46.1 cm³/mol. The molecule has 0 unspecified atom stereocenters. The summed E-state index contributed by atoms with van der Waals surface area (Å²) in [6.07, 6.45) is 3.94. The summed E-state index contributed by atoms with van der Waals surface area (Å²) in [6, 6.07) is 0. The third-order valence-electron chi connectivity index (χ3n) is 0.667. The van der Waals surface area contributed by atoms with Gasteiger partial charge in [-0.05, 0) is 0 Å². The lowest BCUT2D eigenvalue weighted by Crippen LogP contribution is -1.79. The molecule has 0 saturated carbocycles. The van der Waals surface area contributed by atoms with Crippen LogP contribution in [0.4, 0.5) is 0 Å². The standard InChI is InChI=1S/2C3H5.Al.BrH/c2*1-3-2;;/h2*3H,1-2H2;;1H. The fourth-order valence-corrected chi connectivity index (χ4v) is 0.996. The third kappa shape index (κ3) is 9.70. The number of halogens is 1. The quantitative estimate of drug-likeness (QED) is 0.363. The third-order valence-corrected chi connectivity index (χ3v) is 2.00. The predicted octanol–water partition coefficient (Wildman–Crippen LogP) is 2.48. The lowest BCUT2D eigenvalue weighted by Gasteiger charge is -1.80. The van der Waals surface area contributed by atoms with Gasteiger partial charge in [0.1, 0.15) is 0 Å². The van der Waals surface area contributed by atoms with Gasteiger partial charge < -0.3 is 0 Å². The van der Waals surface area contributed by atoms with E-state index in [1.807, 2.05) is 12.2 Å². The molecule has 0 heterocycles. The first kappa shape index (κ1) is 11.3. The van der Waals surface area contributed by atoms with E-state index < -0.39 is 0 Å². The van der Waals surface area contributed by atoms with Crippen molar-refractivity contribution in [2.45, 2.75) is 10.6 Å². The summed E-state index contributed by atoms with van der Waals surface area (Å²) in [6.45, 7) is 7.24. The van der Waals surface area contributed by atoms with Crippen molar-refractivity contribution >= 4 is 32.2 Å². The fraction of sp³-hybridized carbons (Fsp3) is 0.333. The SMILES string of the molecule is Br.C=C[CH2][Al][CH2]C=C. The zero-order valence-electron chi connectivity index (χ0n) is 4.97. The van der Waals surface area contributed by atoms with Gasteiger partial charge in [-0.25, -0.2) is 0 Å². The molecule has 0 nitrogen and oxygen atoms in total. The van der Waals surface area contributed by atoms with Crippen LogP contribution in [0.15, 0.2) is 25.3 Å². The first-order chi connectivity index (χ1) is 3.41. The van der Waals surface area contributed by atoms with Crippen molar-refractivity contribution in [2.24, 2.45) is 0 Å². The maximum atomic E-state index is 3.62. The molecule has 0 bridgehead atoms. The molecule has 0 spiro atoms. The first-order valence-corrected chi connectivity index (χ1v) is 4.08. The van der Waals surface area contributed by atoms with E-state index in [0.717, 1.165) is 0 Å². The molecule has 0 fully saturated rings. The molecule has 0 saturated heterocycles. The van der Waals surface area contributed by atoms with Crippen LogP contribution in [-0.2, 0) is 0 Å². The van der Waals surface area contributed by atoms with E-state index >= 15 is 0 Å². The Hall–Kier alpha value is 0.492. The number of hydrogen-bond donors (Lipinski definition) is 0. The van der Waals surface area contributed by atoms with Crippen LogP contribution in [0.2, 0.25) is 10.6 Å². The van der Waals surface area contributed by atoms with E-state index in [-0.39, 0.29) is 17.0 Å². The van der Waals surface area contributed by atoms with Crippen LogP contribution in [0.3, 0.4) is 0 Å². The fourth-order valence-electron chi connectivity index (χ4n) is 0.332. The Labute approximate surface area is 68.2 Å². The minimum absolute atomic E-state index is 0. The highest BCUT2D eigenvalue weighted by atomic mass is 79.9. The molecular weight excluding hydrogens is 179 g/mol. The summed E-state index contributed by atoms with van der Waals surface area (Å²) >= 11 is 0.586. The van der Waals surface area contributed by atoms with Gasteiger partial charge in [-0.15, -0.1) is 42.3 Å². The van der Waals surface area contributed by atoms with E-state index in [1.54, 1.807) is 0 Å². The number of allylic oxidation sites excluding steroid dienone is 2. The van der Waals surface area contributed by atoms with Gasteiger partial charge in [0.15, 0.2) is 0 Å². The molecule has 0 rings (SSSR count). The van der Waals surface area contributed by atoms with Gasteiger partial charge in [0.25, 0.3) is 0 Å². The van der Waals surface area contributed by atoms with Crippen molar-refractivity contribution in [3.63, 3.8) is 0 Å². The van der Waals surface area contributed by atoms with E-state index in [0.29, 0.717) is 15.2 Å². The molecule has 0 aromatic rings. The Morgan fingerprint density at radius 2 is 1.50 bits per heavy atom. The van der Waals surface area contributed by atoms with Crippen LogP contribution in [0, 0.1) is 0 Å². The minimum atomic E-state index is 0. The van der Waals surface area contributed by atoms with Crippen molar-refractivity contribution in [3.05, 3.63) is 25.3 Å². The van der Waals surface area contributed by atoms with E-state index in [4.69, 9.17) is 0 Å². The molecule has 0 aromatic carbocycles. The smallest absolute Gasteiger partial charge is 0.114 e. The molecule has 0 aromatic heterocycles. The number of rotatable bonds is 4. The van der Waals surface area contributed by atoms with E-state index in [2.05, 4.69) is 13.2 Å². The van der Waals surface area contributed by atoms with Crippen LogP contribution in [-0.4, -0.2) is 15.2 Å². The topological polar surface area (TPSA) is 0 Å². The van der Waals surface area contributed by atoms with Crippen LogP contribution in [0.25, 0.3) is 0 Å². The van der Waals surface area contributed by atoms with Gasteiger partial charge in [-0.3, -0.25) is 0 Å². The van der Waals surface area contributed by atoms with Gasteiger partial charge in [-0.1, -0.05) is 10.6 Å². The molecule has 45 valence electrons. The molecule has 0 aliphatic rings. The maximum Gasteiger partial charge on any atom is 0.212 e. The van der Waals surface area contributed by atoms with Gasteiger partial charge >= 0.3 is 0 Å². The highest BCUT2D eigenvalue weighted by Crippen LogP contribution is 1.84. The van der Waals surface area contributed by atoms with Crippen LogP contribution in [0.5, 0.6) is 0 Å². The molecule has 0 atom stereocenters. The lowest BCUT2D eigenvalue weighted by atomic mass is 10.7. The van der Waals surface area contributed by atoms with Crippen molar-refractivity contribution in [2.75, 3.05) is 0 Å².